The fourth-order valence-electron chi connectivity index (χ4n) is 4.34. The molecule has 0 aromatic carbocycles. The van der Waals surface area contributed by atoms with E-state index in [1.165, 1.54) is 24.9 Å². The zero-order valence-electron chi connectivity index (χ0n) is 14.5. The molecule has 2 saturated heterocycles. The summed E-state index contributed by atoms with van der Waals surface area (Å²) in [5, 5.41) is 3.87. The van der Waals surface area contributed by atoms with Crippen molar-refractivity contribution in [2.45, 2.75) is 80.3 Å². The van der Waals surface area contributed by atoms with Gasteiger partial charge in [0.05, 0.1) is 11.9 Å². The molecule has 1 N–H and O–H groups in total. The van der Waals surface area contributed by atoms with Crippen LogP contribution in [0.2, 0.25) is 0 Å². The Hall–Kier alpha value is 0.150. The Balaban J connectivity index is 1.48. The monoisotopic (exact) mass is 379 g/mol. The van der Waals surface area contributed by atoms with Crippen molar-refractivity contribution in [3.05, 3.63) is 0 Å². The number of sulfone groups is 1. The van der Waals surface area contributed by atoms with Gasteiger partial charge in [-0.05, 0) is 56.6 Å². The second-order valence-electron chi connectivity index (χ2n) is 7.67. The molecule has 4 nitrogen and oxygen atoms in total. The summed E-state index contributed by atoms with van der Waals surface area (Å²) in [5.74, 6) is 1.58. The van der Waals surface area contributed by atoms with Crippen molar-refractivity contribution in [2.24, 2.45) is 5.92 Å². The first kappa shape index (κ1) is 18.9. The first-order valence-corrected chi connectivity index (χ1v) is 12.2. The highest BCUT2D eigenvalue weighted by Crippen LogP contribution is 2.34. The Labute approximate surface area is 149 Å². The lowest BCUT2D eigenvalue weighted by molar-refractivity contribution is -0.0326. The molecule has 3 fully saturated rings. The predicted molar refractivity (Wildman–Crippen MR) is 96.9 cm³/mol. The van der Waals surface area contributed by atoms with Gasteiger partial charge in [0.2, 0.25) is 0 Å². The summed E-state index contributed by atoms with van der Waals surface area (Å²) in [4.78, 5) is 0. The van der Waals surface area contributed by atoms with Crippen LogP contribution in [0.3, 0.4) is 0 Å². The quantitative estimate of drug-likeness (QED) is 0.796. The van der Waals surface area contributed by atoms with E-state index in [-0.39, 0.29) is 17.5 Å². The Morgan fingerprint density at radius 3 is 2.54 bits per heavy atom. The van der Waals surface area contributed by atoms with Crippen molar-refractivity contribution in [2.75, 3.05) is 18.6 Å². The Morgan fingerprint density at radius 1 is 1.17 bits per heavy atom. The molecule has 0 aromatic rings. The van der Waals surface area contributed by atoms with Gasteiger partial charge in [-0.3, -0.25) is 5.32 Å². The first-order chi connectivity index (χ1) is 11.4. The normalized spacial score (nSPS) is 41.4. The van der Waals surface area contributed by atoms with E-state index in [4.69, 9.17) is 4.74 Å². The lowest BCUT2D eigenvalue weighted by atomic mass is 9.80. The Bertz CT molecular complexity index is 502. The molecule has 3 aliphatic rings. The summed E-state index contributed by atoms with van der Waals surface area (Å²) in [6.07, 6.45) is 6.92. The molecule has 3 rings (SSSR count). The van der Waals surface area contributed by atoms with Crippen LogP contribution in [-0.2, 0) is 14.6 Å². The second-order valence-corrected chi connectivity index (χ2v) is 11.4. The van der Waals surface area contributed by atoms with Crippen molar-refractivity contribution in [3.63, 3.8) is 0 Å². The van der Waals surface area contributed by atoms with E-state index in [2.05, 4.69) is 5.32 Å². The smallest absolute Gasteiger partial charge is 0.150 e. The number of nitrogens with one attached hydrogen (secondary N) is 1. The predicted octanol–water partition coefficient (Wildman–Crippen LogP) is 2.92. The minimum Gasteiger partial charge on any atom is -0.362 e. The first-order valence-electron chi connectivity index (χ1n) is 9.24. The lowest BCUT2D eigenvalue weighted by Crippen LogP contribution is -2.52. The van der Waals surface area contributed by atoms with Gasteiger partial charge in [-0.15, -0.1) is 0 Å². The zero-order chi connectivity index (χ0) is 17.2. The third-order valence-electron chi connectivity index (χ3n) is 5.78. The maximum Gasteiger partial charge on any atom is 0.150 e. The highest BCUT2D eigenvalue weighted by atomic mass is 32.2. The molecule has 0 aromatic heterocycles. The van der Waals surface area contributed by atoms with Crippen molar-refractivity contribution in [1.82, 2.24) is 5.32 Å². The average Bonchev–Trinajstić information content (AvgIpc) is 3.05. The molecule has 4 unspecified atom stereocenters. The third kappa shape index (κ3) is 5.08. The molecule has 24 heavy (non-hydrogen) atoms. The van der Waals surface area contributed by atoms with Crippen LogP contribution in [-0.4, -0.2) is 56.0 Å². The highest BCUT2D eigenvalue weighted by molar-refractivity contribution is 8.00. The average molecular weight is 380 g/mol. The maximum atomic E-state index is 14.2. The number of ether oxygens (including phenoxy) is 1. The van der Waals surface area contributed by atoms with Crippen LogP contribution in [0, 0.1) is 5.92 Å². The van der Waals surface area contributed by atoms with Gasteiger partial charge in [-0.1, -0.05) is 0 Å². The van der Waals surface area contributed by atoms with Gasteiger partial charge in [0.25, 0.3) is 0 Å². The fraction of sp³-hybridized carbons (Fsp3) is 1.00. The van der Waals surface area contributed by atoms with Crippen LogP contribution in [0.15, 0.2) is 0 Å². The van der Waals surface area contributed by atoms with Crippen LogP contribution in [0.25, 0.3) is 0 Å². The van der Waals surface area contributed by atoms with Crippen molar-refractivity contribution >= 4 is 21.6 Å². The Morgan fingerprint density at radius 2 is 1.92 bits per heavy atom. The number of rotatable bonds is 5. The summed E-state index contributed by atoms with van der Waals surface area (Å²) in [6, 6.07) is 0.121. The summed E-state index contributed by atoms with van der Waals surface area (Å²) < 4.78 is 43.5. The van der Waals surface area contributed by atoms with Crippen molar-refractivity contribution < 1.29 is 17.5 Å². The molecular formula is C17H30FNO3S2. The largest absolute Gasteiger partial charge is 0.362 e. The SMILES string of the molecule is CS(=O)(=O)C1CCC(C2CC(F)CC(OCC3CCCS3)N2)CC1. The topological polar surface area (TPSA) is 55.4 Å². The number of alkyl halides is 1. The number of hydrogen-bond acceptors (Lipinski definition) is 5. The fourth-order valence-corrected chi connectivity index (χ4v) is 6.65. The molecule has 0 amide bonds. The molecule has 1 aliphatic carbocycles. The number of halogens is 1. The molecule has 4 atom stereocenters. The summed E-state index contributed by atoms with van der Waals surface area (Å²) >= 11 is 1.96. The standard InChI is InChI=1S/C17H30FNO3S2/c1-24(20,21)15-6-4-12(5-7-15)16-9-13(18)10-17(19-16)22-11-14-3-2-8-23-14/h12-17,19H,2-11H2,1H3. The van der Waals surface area contributed by atoms with Gasteiger partial charge in [0, 0.05) is 24.0 Å². The molecule has 2 heterocycles. The van der Waals surface area contributed by atoms with Gasteiger partial charge in [0.15, 0.2) is 0 Å². The van der Waals surface area contributed by atoms with Crippen LogP contribution in [0.5, 0.6) is 0 Å². The third-order valence-corrected chi connectivity index (χ3v) is 8.83. The van der Waals surface area contributed by atoms with Gasteiger partial charge < -0.3 is 4.74 Å². The van der Waals surface area contributed by atoms with Crippen LogP contribution in [0.1, 0.15) is 51.4 Å². The highest BCUT2D eigenvalue weighted by Gasteiger charge is 2.37. The molecule has 0 bridgehead atoms. The minimum absolute atomic E-state index is 0.121. The molecule has 2 aliphatic heterocycles. The molecular weight excluding hydrogens is 349 g/mol. The van der Waals surface area contributed by atoms with Crippen LogP contribution in [0.4, 0.5) is 4.39 Å². The van der Waals surface area contributed by atoms with E-state index in [1.54, 1.807) is 0 Å². The second kappa shape index (κ2) is 8.23. The molecule has 7 heteroatoms. The van der Waals surface area contributed by atoms with Crippen molar-refractivity contribution in [1.29, 1.82) is 0 Å². The van der Waals surface area contributed by atoms with Crippen LogP contribution < -0.4 is 5.32 Å². The van der Waals surface area contributed by atoms with E-state index in [1.807, 2.05) is 11.8 Å². The number of hydrogen-bond donors (Lipinski definition) is 1. The van der Waals surface area contributed by atoms with Gasteiger partial charge in [-0.2, -0.15) is 11.8 Å². The molecule has 140 valence electrons. The van der Waals surface area contributed by atoms with E-state index < -0.39 is 16.0 Å². The van der Waals surface area contributed by atoms with E-state index >= 15 is 0 Å². The maximum absolute atomic E-state index is 14.2. The molecule has 0 spiro atoms. The lowest BCUT2D eigenvalue weighted by Gasteiger charge is -2.40. The molecule has 1 saturated carbocycles. The summed E-state index contributed by atoms with van der Waals surface area (Å²) in [6.45, 7) is 0.711. The van der Waals surface area contributed by atoms with Crippen molar-refractivity contribution in [3.8, 4) is 0 Å². The number of thioether (sulfide) groups is 1. The minimum atomic E-state index is -2.94. The Kier molecular flexibility index (Phi) is 6.49. The number of piperidine rings is 1. The summed E-state index contributed by atoms with van der Waals surface area (Å²) in [7, 11) is -2.94. The van der Waals surface area contributed by atoms with E-state index in [9.17, 15) is 12.8 Å². The van der Waals surface area contributed by atoms with Gasteiger partial charge in [-0.25, -0.2) is 12.8 Å². The van der Waals surface area contributed by atoms with Crippen LogP contribution >= 0.6 is 11.8 Å². The molecule has 0 radical (unpaired) electrons. The summed E-state index contributed by atoms with van der Waals surface area (Å²) in [5.41, 5.74) is 0. The van der Waals surface area contributed by atoms with E-state index in [0.717, 1.165) is 12.8 Å². The van der Waals surface area contributed by atoms with E-state index in [0.29, 0.717) is 43.5 Å². The van der Waals surface area contributed by atoms with Gasteiger partial charge in [0.1, 0.15) is 22.2 Å². The zero-order valence-corrected chi connectivity index (χ0v) is 16.1. The van der Waals surface area contributed by atoms with Gasteiger partial charge >= 0.3 is 0 Å².